The lowest BCUT2D eigenvalue weighted by atomic mass is 10.4. The van der Waals surface area contributed by atoms with E-state index in [0.717, 1.165) is 0 Å². The van der Waals surface area contributed by atoms with Gasteiger partial charge in [0.25, 0.3) is 6.33 Å². The molecular formula is C8H13BrN2O. The molecule has 0 aromatic carbocycles. The zero-order valence-corrected chi connectivity index (χ0v) is 8.61. The first-order valence-corrected chi connectivity index (χ1v) is 3.66. The summed E-state index contributed by atoms with van der Waals surface area (Å²) in [5.74, 6) is 0. The molecule has 3 nitrogen and oxygen atoms in total. The molecule has 0 aliphatic heterocycles. The van der Waals surface area contributed by atoms with Crippen LogP contribution in [-0.4, -0.2) is 9.67 Å². The van der Waals surface area contributed by atoms with Gasteiger partial charge in [-0.15, -0.1) is 0 Å². The standard InChI is InChI=1S/C8H13N2O.BrH/c1-3-8(11)10-6-5-9(4-2)7-10;/h4-8,11H,2-3H2,1H3;1H/q+1;/p-1. The summed E-state index contributed by atoms with van der Waals surface area (Å²) >= 11 is 0. The van der Waals surface area contributed by atoms with E-state index in [1.54, 1.807) is 21.7 Å². The van der Waals surface area contributed by atoms with Crippen LogP contribution in [0.4, 0.5) is 0 Å². The van der Waals surface area contributed by atoms with E-state index in [4.69, 9.17) is 0 Å². The Balaban J connectivity index is 0.00000121. The highest BCUT2D eigenvalue weighted by molar-refractivity contribution is 5.13. The van der Waals surface area contributed by atoms with E-state index in [0.29, 0.717) is 6.42 Å². The Morgan fingerprint density at radius 2 is 2.42 bits per heavy atom. The number of aromatic nitrogens is 2. The molecule has 0 fully saturated rings. The van der Waals surface area contributed by atoms with E-state index in [-0.39, 0.29) is 17.0 Å². The number of nitrogens with zero attached hydrogens (tertiary/aromatic N) is 2. The van der Waals surface area contributed by atoms with Crippen molar-refractivity contribution in [2.75, 3.05) is 0 Å². The molecule has 4 heteroatoms. The van der Waals surface area contributed by atoms with Crippen molar-refractivity contribution >= 4 is 6.20 Å². The van der Waals surface area contributed by atoms with Crippen LogP contribution in [0.5, 0.6) is 0 Å². The van der Waals surface area contributed by atoms with E-state index in [1.807, 2.05) is 19.3 Å². The Kier molecular flexibility index (Phi) is 4.85. The Morgan fingerprint density at radius 3 is 2.83 bits per heavy atom. The number of rotatable bonds is 3. The summed E-state index contributed by atoms with van der Waals surface area (Å²) < 4.78 is 3.53. The van der Waals surface area contributed by atoms with Gasteiger partial charge in [-0.2, -0.15) is 0 Å². The van der Waals surface area contributed by atoms with E-state index >= 15 is 0 Å². The minimum Gasteiger partial charge on any atom is -1.00 e. The third-order valence-corrected chi connectivity index (χ3v) is 1.60. The van der Waals surface area contributed by atoms with Crippen molar-refractivity contribution in [2.24, 2.45) is 0 Å². The molecule has 1 N–H and O–H groups in total. The fourth-order valence-corrected chi connectivity index (χ4v) is 0.880. The van der Waals surface area contributed by atoms with E-state index in [1.165, 1.54) is 0 Å². The van der Waals surface area contributed by atoms with E-state index in [2.05, 4.69) is 6.58 Å². The molecule has 68 valence electrons. The van der Waals surface area contributed by atoms with Crippen molar-refractivity contribution in [1.29, 1.82) is 0 Å². The molecular weight excluding hydrogens is 220 g/mol. The number of imidazole rings is 1. The number of hydrogen-bond acceptors (Lipinski definition) is 1. The zero-order chi connectivity index (χ0) is 8.27. The zero-order valence-electron chi connectivity index (χ0n) is 7.02. The first kappa shape index (κ1) is 11.4. The minimum atomic E-state index is -0.420. The van der Waals surface area contributed by atoms with Crippen LogP contribution in [0.25, 0.3) is 6.20 Å². The van der Waals surface area contributed by atoms with Crippen LogP contribution >= 0.6 is 0 Å². The van der Waals surface area contributed by atoms with Crippen LogP contribution in [0, 0.1) is 0 Å². The van der Waals surface area contributed by atoms with Crippen molar-refractivity contribution in [1.82, 2.24) is 4.57 Å². The van der Waals surface area contributed by atoms with Gasteiger partial charge in [0.2, 0.25) is 0 Å². The van der Waals surface area contributed by atoms with Crippen molar-refractivity contribution in [3.05, 3.63) is 25.3 Å². The molecule has 1 aromatic rings. The molecule has 1 unspecified atom stereocenters. The number of aliphatic hydroxyl groups excluding tert-OH is 1. The van der Waals surface area contributed by atoms with Crippen molar-refractivity contribution in [3.63, 3.8) is 0 Å². The first-order valence-electron chi connectivity index (χ1n) is 3.66. The van der Waals surface area contributed by atoms with Crippen LogP contribution in [0.1, 0.15) is 19.6 Å². The predicted molar refractivity (Wildman–Crippen MR) is 42.6 cm³/mol. The van der Waals surface area contributed by atoms with Crippen LogP contribution in [-0.2, 0) is 0 Å². The Morgan fingerprint density at radius 1 is 1.75 bits per heavy atom. The molecule has 0 saturated carbocycles. The monoisotopic (exact) mass is 232 g/mol. The third-order valence-electron chi connectivity index (χ3n) is 1.60. The summed E-state index contributed by atoms with van der Waals surface area (Å²) in [7, 11) is 0. The molecule has 0 spiro atoms. The van der Waals surface area contributed by atoms with Gasteiger partial charge in [-0.3, -0.25) is 0 Å². The Hall–Kier alpha value is -0.610. The summed E-state index contributed by atoms with van der Waals surface area (Å²) in [4.78, 5) is 0. The topological polar surface area (TPSA) is 29.0 Å². The summed E-state index contributed by atoms with van der Waals surface area (Å²) in [6, 6.07) is 0. The maximum absolute atomic E-state index is 9.35. The van der Waals surface area contributed by atoms with Gasteiger partial charge in [0.15, 0.2) is 6.23 Å². The smallest absolute Gasteiger partial charge is 0.250 e. The minimum absolute atomic E-state index is 0. The van der Waals surface area contributed by atoms with Gasteiger partial charge < -0.3 is 22.1 Å². The Bertz CT molecular complexity index is 247. The van der Waals surface area contributed by atoms with E-state index in [9.17, 15) is 5.11 Å². The molecule has 0 aliphatic rings. The van der Waals surface area contributed by atoms with Crippen molar-refractivity contribution < 1.29 is 26.7 Å². The maximum Gasteiger partial charge on any atom is 0.250 e. The highest BCUT2D eigenvalue weighted by Crippen LogP contribution is 1.95. The van der Waals surface area contributed by atoms with Crippen LogP contribution in [0.3, 0.4) is 0 Å². The molecule has 0 radical (unpaired) electrons. The second kappa shape index (κ2) is 5.11. The summed E-state index contributed by atoms with van der Waals surface area (Å²) in [5, 5.41) is 9.35. The van der Waals surface area contributed by atoms with Crippen molar-refractivity contribution in [3.8, 4) is 0 Å². The molecule has 0 aliphatic carbocycles. The lowest BCUT2D eigenvalue weighted by molar-refractivity contribution is -0.759. The molecule has 1 heterocycles. The van der Waals surface area contributed by atoms with Gasteiger partial charge in [-0.05, 0) is 0 Å². The van der Waals surface area contributed by atoms with Gasteiger partial charge in [0, 0.05) is 6.42 Å². The predicted octanol–water partition coefficient (Wildman–Crippen LogP) is -2.22. The molecule has 0 saturated heterocycles. The molecule has 1 atom stereocenters. The number of halogens is 1. The largest absolute Gasteiger partial charge is 1.00 e. The van der Waals surface area contributed by atoms with Gasteiger partial charge in [0.05, 0.1) is 6.20 Å². The second-order valence-electron chi connectivity index (χ2n) is 2.38. The van der Waals surface area contributed by atoms with Crippen molar-refractivity contribution in [2.45, 2.75) is 19.6 Å². The van der Waals surface area contributed by atoms with E-state index < -0.39 is 6.23 Å². The van der Waals surface area contributed by atoms with Gasteiger partial charge in [0.1, 0.15) is 12.4 Å². The number of hydrogen-bond donors (Lipinski definition) is 1. The lowest BCUT2D eigenvalue weighted by Crippen LogP contribution is -3.00. The lowest BCUT2D eigenvalue weighted by Gasteiger charge is -2.00. The fourth-order valence-electron chi connectivity index (χ4n) is 0.880. The average molecular weight is 233 g/mol. The maximum atomic E-state index is 9.35. The number of aliphatic hydroxyl groups is 1. The Labute approximate surface area is 82.7 Å². The average Bonchev–Trinajstić information content (AvgIpc) is 2.50. The van der Waals surface area contributed by atoms with Crippen LogP contribution < -0.4 is 21.5 Å². The summed E-state index contributed by atoms with van der Waals surface area (Å²) in [6.45, 7) is 5.53. The van der Waals surface area contributed by atoms with Crippen LogP contribution in [0.2, 0.25) is 0 Å². The molecule has 1 aromatic heterocycles. The molecule has 12 heavy (non-hydrogen) atoms. The van der Waals surface area contributed by atoms with Gasteiger partial charge in [-0.25, -0.2) is 9.13 Å². The fraction of sp³-hybridized carbons (Fsp3) is 0.375. The molecule has 0 bridgehead atoms. The first-order chi connectivity index (χ1) is 5.27. The third kappa shape index (κ3) is 2.46. The van der Waals surface area contributed by atoms with Crippen LogP contribution in [0.15, 0.2) is 25.3 Å². The molecule has 0 amide bonds. The SMILES string of the molecule is C=Cn1cc[n+](C(O)CC)c1.[Br-]. The highest BCUT2D eigenvalue weighted by atomic mass is 79.9. The second-order valence-corrected chi connectivity index (χ2v) is 2.38. The van der Waals surface area contributed by atoms with Gasteiger partial charge >= 0.3 is 0 Å². The normalized spacial score (nSPS) is 11.8. The quantitative estimate of drug-likeness (QED) is 0.589. The van der Waals surface area contributed by atoms with Gasteiger partial charge in [-0.1, -0.05) is 13.5 Å². The summed E-state index contributed by atoms with van der Waals surface area (Å²) in [5.41, 5.74) is 0. The molecule has 1 rings (SSSR count). The highest BCUT2D eigenvalue weighted by Gasteiger charge is 2.08. The summed E-state index contributed by atoms with van der Waals surface area (Å²) in [6.07, 6.45) is 7.42.